The van der Waals surface area contributed by atoms with Crippen LogP contribution >= 0.6 is 11.6 Å². The summed E-state index contributed by atoms with van der Waals surface area (Å²) in [6, 6.07) is 7.34. The van der Waals surface area contributed by atoms with E-state index in [1.54, 1.807) is 12.3 Å². The Morgan fingerprint density at radius 3 is 3.00 bits per heavy atom. The summed E-state index contributed by atoms with van der Waals surface area (Å²) in [6.45, 7) is 2.83. The normalized spacial score (nSPS) is 22.2. The number of nitrogens with zero attached hydrogens (tertiary/aromatic N) is 1. The number of benzene rings is 1. The van der Waals surface area contributed by atoms with Crippen LogP contribution in [-0.4, -0.2) is 23.0 Å². The molecule has 1 atom stereocenters. The molecule has 2 aromatic rings. The second kappa shape index (κ2) is 5.62. The highest BCUT2D eigenvalue weighted by Gasteiger charge is 2.34. The summed E-state index contributed by atoms with van der Waals surface area (Å²) in [4.78, 5) is 16.9. The van der Waals surface area contributed by atoms with Crippen molar-refractivity contribution in [2.45, 2.75) is 31.7 Å². The first-order valence-electron chi connectivity index (χ1n) is 7.20. The van der Waals surface area contributed by atoms with Crippen molar-refractivity contribution in [3.05, 3.63) is 35.5 Å². The number of pyridine rings is 1. The zero-order valence-electron chi connectivity index (χ0n) is 11.9. The smallest absolute Gasteiger partial charge is 0.244 e. The highest BCUT2D eigenvalue weighted by molar-refractivity contribution is 6.36. The van der Waals surface area contributed by atoms with Gasteiger partial charge in [0.2, 0.25) is 5.91 Å². The molecule has 3 rings (SSSR count). The highest BCUT2D eigenvalue weighted by Crippen LogP contribution is 2.29. The van der Waals surface area contributed by atoms with Crippen molar-refractivity contribution in [2.24, 2.45) is 0 Å². The van der Waals surface area contributed by atoms with E-state index in [-0.39, 0.29) is 5.91 Å². The number of fused-ring (bicyclic) bond motifs is 1. The molecule has 5 heteroatoms. The summed E-state index contributed by atoms with van der Waals surface area (Å²) in [5.41, 5.74) is 0.908. The van der Waals surface area contributed by atoms with Crippen LogP contribution in [0.4, 0.5) is 5.69 Å². The third kappa shape index (κ3) is 2.74. The fourth-order valence-electron chi connectivity index (χ4n) is 2.75. The van der Waals surface area contributed by atoms with Crippen LogP contribution < -0.4 is 10.6 Å². The molecule has 1 saturated heterocycles. The molecule has 110 valence electrons. The summed E-state index contributed by atoms with van der Waals surface area (Å²) in [5, 5.41) is 7.80. The minimum Gasteiger partial charge on any atom is -0.323 e. The van der Waals surface area contributed by atoms with Crippen molar-refractivity contribution >= 4 is 34.1 Å². The molecule has 21 heavy (non-hydrogen) atoms. The third-order valence-electron chi connectivity index (χ3n) is 4.08. The second-order valence-electron chi connectivity index (χ2n) is 5.66. The van der Waals surface area contributed by atoms with Gasteiger partial charge in [0.25, 0.3) is 0 Å². The van der Waals surface area contributed by atoms with Gasteiger partial charge in [-0.25, -0.2) is 0 Å². The van der Waals surface area contributed by atoms with E-state index < -0.39 is 5.54 Å². The maximum atomic E-state index is 12.6. The minimum absolute atomic E-state index is 0.0172. The van der Waals surface area contributed by atoms with Gasteiger partial charge in [0.15, 0.2) is 0 Å². The van der Waals surface area contributed by atoms with Gasteiger partial charge in [-0.3, -0.25) is 9.78 Å². The largest absolute Gasteiger partial charge is 0.323 e. The van der Waals surface area contributed by atoms with E-state index in [0.29, 0.717) is 10.7 Å². The first-order valence-corrected chi connectivity index (χ1v) is 7.58. The topological polar surface area (TPSA) is 54.0 Å². The Bertz CT molecular complexity index is 680. The van der Waals surface area contributed by atoms with Gasteiger partial charge >= 0.3 is 0 Å². The number of hydrogen-bond acceptors (Lipinski definition) is 3. The molecule has 1 amide bonds. The lowest BCUT2D eigenvalue weighted by atomic mass is 9.90. The van der Waals surface area contributed by atoms with E-state index >= 15 is 0 Å². The molecule has 1 unspecified atom stereocenters. The van der Waals surface area contributed by atoms with Crippen LogP contribution in [0.2, 0.25) is 5.02 Å². The van der Waals surface area contributed by atoms with Crippen LogP contribution in [0.5, 0.6) is 0 Å². The highest BCUT2D eigenvalue weighted by atomic mass is 35.5. The Morgan fingerprint density at radius 1 is 1.38 bits per heavy atom. The van der Waals surface area contributed by atoms with Crippen LogP contribution in [0.3, 0.4) is 0 Å². The maximum absolute atomic E-state index is 12.6. The number of anilines is 1. The lowest BCUT2D eigenvalue weighted by Gasteiger charge is -2.33. The molecule has 2 heterocycles. The summed E-state index contributed by atoms with van der Waals surface area (Å²) in [7, 11) is 0. The molecular weight excluding hydrogens is 286 g/mol. The van der Waals surface area contributed by atoms with Gasteiger partial charge in [-0.2, -0.15) is 0 Å². The lowest BCUT2D eigenvalue weighted by Crippen LogP contribution is -2.54. The Balaban J connectivity index is 1.91. The lowest BCUT2D eigenvalue weighted by molar-refractivity contribution is -0.122. The monoisotopic (exact) mass is 303 g/mol. The molecule has 1 fully saturated rings. The van der Waals surface area contributed by atoms with E-state index in [2.05, 4.69) is 15.6 Å². The fourth-order valence-corrected chi connectivity index (χ4v) is 2.96. The molecule has 0 spiro atoms. The number of aromatic nitrogens is 1. The molecular formula is C16H18ClN3O. The summed E-state index contributed by atoms with van der Waals surface area (Å²) in [6.07, 6.45) is 4.73. The SMILES string of the molecule is CC1(C(=O)Nc2ccc(Cl)c3cccnc23)CCCCN1. The first kappa shape index (κ1) is 14.3. The Labute approximate surface area is 128 Å². The van der Waals surface area contributed by atoms with Gasteiger partial charge in [-0.05, 0) is 57.0 Å². The molecule has 0 aliphatic carbocycles. The predicted octanol–water partition coefficient (Wildman–Crippen LogP) is 3.36. The molecule has 1 aliphatic rings. The van der Waals surface area contributed by atoms with Crippen molar-refractivity contribution in [2.75, 3.05) is 11.9 Å². The first-order chi connectivity index (χ1) is 10.1. The zero-order chi connectivity index (χ0) is 14.9. The Morgan fingerprint density at radius 2 is 2.24 bits per heavy atom. The van der Waals surface area contributed by atoms with Gasteiger partial charge in [0.1, 0.15) is 0 Å². The van der Waals surface area contributed by atoms with Gasteiger partial charge in [0, 0.05) is 11.6 Å². The molecule has 0 radical (unpaired) electrons. The van der Waals surface area contributed by atoms with Crippen molar-refractivity contribution < 1.29 is 4.79 Å². The molecule has 1 aromatic heterocycles. The minimum atomic E-state index is -0.515. The van der Waals surface area contributed by atoms with Crippen LogP contribution in [0.15, 0.2) is 30.5 Å². The fraction of sp³-hybridized carbons (Fsp3) is 0.375. The van der Waals surface area contributed by atoms with E-state index in [4.69, 9.17) is 11.6 Å². The van der Waals surface area contributed by atoms with Gasteiger partial charge in [0.05, 0.1) is 21.8 Å². The number of carbonyl (C=O) groups is 1. The number of piperidine rings is 1. The molecule has 1 aromatic carbocycles. The van der Waals surface area contributed by atoms with E-state index in [1.165, 1.54) is 0 Å². The van der Waals surface area contributed by atoms with Crippen LogP contribution in [0.25, 0.3) is 10.9 Å². The quantitative estimate of drug-likeness (QED) is 0.894. The second-order valence-corrected chi connectivity index (χ2v) is 6.07. The van der Waals surface area contributed by atoms with Crippen LogP contribution in [-0.2, 0) is 4.79 Å². The third-order valence-corrected chi connectivity index (χ3v) is 4.41. The van der Waals surface area contributed by atoms with Crippen molar-refractivity contribution in [1.29, 1.82) is 0 Å². The van der Waals surface area contributed by atoms with E-state index in [0.717, 1.165) is 36.7 Å². The maximum Gasteiger partial charge on any atom is 0.244 e. The molecule has 0 bridgehead atoms. The number of carbonyl (C=O) groups excluding carboxylic acids is 1. The van der Waals surface area contributed by atoms with Crippen molar-refractivity contribution in [3.8, 4) is 0 Å². The van der Waals surface area contributed by atoms with Crippen LogP contribution in [0.1, 0.15) is 26.2 Å². The predicted molar refractivity (Wildman–Crippen MR) is 85.6 cm³/mol. The van der Waals surface area contributed by atoms with Gasteiger partial charge < -0.3 is 10.6 Å². The summed E-state index contributed by atoms with van der Waals surface area (Å²) >= 11 is 6.18. The molecule has 4 nitrogen and oxygen atoms in total. The van der Waals surface area contributed by atoms with E-state index in [9.17, 15) is 4.79 Å². The van der Waals surface area contributed by atoms with Crippen molar-refractivity contribution in [1.82, 2.24) is 10.3 Å². The van der Waals surface area contributed by atoms with Crippen LogP contribution in [0, 0.1) is 0 Å². The number of hydrogen-bond donors (Lipinski definition) is 2. The molecule has 0 saturated carbocycles. The van der Waals surface area contributed by atoms with Gasteiger partial charge in [-0.1, -0.05) is 11.6 Å². The average Bonchev–Trinajstić information content (AvgIpc) is 2.51. The van der Waals surface area contributed by atoms with Crippen molar-refractivity contribution in [3.63, 3.8) is 0 Å². The molecule has 1 aliphatic heterocycles. The summed E-state index contributed by atoms with van der Waals surface area (Å²) in [5.74, 6) is -0.0172. The van der Waals surface area contributed by atoms with E-state index in [1.807, 2.05) is 25.1 Å². The molecule has 2 N–H and O–H groups in total. The average molecular weight is 304 g/mol. The van der Waals surface area contributed by atoms with Gasteiger partial charge in [-0.15, -0.1) is 0 Å². The number of amides is 1. The number of rotatable bonds is 2. The number of halogens is 1. The summed E-state index contributed by atoms with van der Waals surface area (Å²) < 4.78 is 0. The Kier molecular flexibility index (Phi) is 3.83. The standard InChI is InChI=1S/C16H18ClN3O/c1-16(8-2-3-10-19-16)15(21)20-13-7-6-12(17)11-5-4-9-18-14(11)13/h4-7,9,19H,2-3,8,10H2,1H3,(H,20,21). The number of nitrogens with one attached hydrogen (secondary N) is 2. The zero-order valence-corrected chi connectivity index (χ0v) is 12.7. The Hall–Kier alpha value is -1.65.